The Bertz CT molecular complexity index is 469. The fourth-order valence-corrected chi connectivity index (χ4v) is 1.59. The van der Waals surface area contributed by atoms with E-state index in [2.05, 4.69) is 32.5 Å². The Morgan fingerprint density at radius 3 is 3.16 bits per heavy atom. The smallest absolute Gasteiger partial charge is 0.240 e. The molecule has 19 heavy (non-hydrogen) atoms. The Balaban J connectivity index is 1.73. The van der Waals surface area contributed by atoms with Crippen molar-refractivity contribution in [2.45, 2.75) is 32.5 Å². The minimum atomic E-state index is 0.232. The molecule has 1 atom stereocenters. The first-order chi connectivity index (χ1) is 9.28. The molecule has 0 aliphatic heterocycles. The quantitative estimate of drug-likeness (QED) is 0.720. The number of nitrogens with one attached hydrogen (secondary N) is 1. The number of aromatic nitrogens is 5. The topological polar surface area (TPSA) is 90.9 Å². The van der Waals surface area contributed by atoms with Gasteiger partial charge in [-0.3, -0.25) is 4.68 Å². The van der Waals surface area contributed by atoms with Crippen LogP contribution in [0.2, 0.25) is 0 Å². The summed E-state index contributed by atoms with van der Waals surface area (Å²) in [5.41, 5.74) is 0. The molecule has 8 heteroatoms. The largest absolute Gasteiger partial charge is 0.384 e. The second kappa shape index (κ2) is 6.95. The van der Waals surface area contributed by atoms with Crippen molar-refractivity contribution in [2.75, 3.05) is 13.7 Å². The Hall–Kier alpha value is -1.80. The predicted octanol–water partition coefficient (Wildman–Crippen LogP) is 0.0283. The van der Waals surface area contributed by atoms with Crippen LogP contribution in [-0.2, 0) is 24.2 Å². The number of nitrogens with zero attached hydrogens (tertiary/aromatic N) is 5. The Morgan fingerprint density at radius 1 is 1.53 bits per heavy atom. The Labute approximate surface area is 111 Å². The molecule has 0 radical (unpaired) electrons. The van der Waals surface area contributed by atoms with Crippen LogP contribution in [0, 0.1) is 0 Å². The predicted molar refractivity (Wildman–Crippen MR) is 66.2 cm³/mol. The highest BCUT2D eigenvalue weighted by Crippen LogP contribution is 1.99. The molecule has 104 valence electrons. The molecule has 0 amide bonds. The first-order valence-corrected chi connectivity index (χ1v) is 6.14. The lowest BCUT2D eigenvalue weighted by Gasteiger charge is -2.11. The standard InChI is InChI=1S/C11H18N6O2/c1-9(6-17-8-12-7-14-17)13-5-11-15-10(16-19-11)3-4-18-2/h7-9,13H,3-6H2,1-2H3/t9-/m1/s1. The Morgan fingerprint density at radius 2 is 2.42 bits per heavy atom. The maximum Gasteiger partial charge on any atom is 0.240 e. The highest BCUT2D eigenvalue weighted by Gasteiger charge is 2.08. The zero-order chi connectivity index (χ0) is 13.5. The van der Waals surface area contributed by atoms with E-state index >= 15 is 0 Å². The molecule has 0 aromatic carbocycles. The van der Waals surface area contributed by atoms with Gasteiger partial charge in [-0.25, -0.2) is 4.98 Å². The molecular weight excluding hydrogens is 248 g/mol. The summed E-state index contributed by atoms with van der Waals surface area (Å²) in [4.78, 5) is 8.16. The van der Waals surface area contributed by atoms with Crippen molar-refractivity contribution in [2.24, 2.45) is 0 Å². The van der Waals surface area contributed by atoms with Crippen LogP contribution >= 0.6 is 0 Å². The normalized spacial score (nSPS) is 12.7. The minimum absolute atomic E-state index is 0.232. The van der Waals surface area contributed by atoms with Gasteiger partial charge in [0, 0.05) is 19.6 Å². The Kier molecular flexibility index (Phi) is 4.99. The van der Waals surface area contributed by atoms with Gasteiger partial charge in [-0.05, 0) is 6.92 Å². The molecular formula is C11H18N6O2. The van der Waals surface area contributed by atoms with E-state index in [9.17, 15) is 0 Å². The molecule has 0 bridgehead atoms. The van der Waals surface area contributed by atoms with Crippen molar-refractivity contribution in [1.82, 2.24) is 30.2 Å². The van der Waals surface area contributed by atoms with Crippen LogP contribution in [-0.4, -0.2) is 44.7 Å². The lowest BCUT2D eigenvalue weighted by atomic mass is 10.3. The maximum absolute atomic E-state index is 5.13. The summed E-state index contributed by atoms with van der Waals surface area (Å²) in [5.74, 6) is 1.25. The highest BCUT2D eigenvalue weighted by atomic mass is 16.5. The van der Waals surface area contributed by atoms with Crippen LogP contribution < -0.4 is 5.32 Å². The van der Waals surface area contributed by atoms with Crippen molar-refractivity contribution in [3.05, 3.63) is 24.4 Å². The second-order valence-corrected chi connectivity index (χ2v) is 4.25. The number of hydrogen-bond donors (Lipinski definition) is 1. The molecule has 0 unspecified atom stereocenters. The summed E-state index contributed by atoms with van der Waals surface area (Å²) in [6.45, 7) is 3.93. The van der Waals surface area contributed by atoms with Crippen LogP contribution in [0.1, 0.15) is 18.6 Å². The maximum atomic E-state index is 5.13. The van der Waals surface area contributed by atoms with Crippen molar-refractivity contribution >= 4 is 0 Å². The van der Waals surface area contributed by atoms with Gasteiger partial charge in [-0.1, -0.05) is 5.16 Å². The molecule has 0 saturated carbocycles. The first-order valence-electron chi connectivity index (χ1n) is 6.14. The third-order valence-electron chi connectivity index (χ3n) is 2.57. The summed E-state index contributed by atoms with van der Waals surface area (Å²) in [6, 6.07) is 0.232. The van der Waals surface area contributed by atoms with Gasteiger partial charge in [0.25, 0.3) is 0 Å². The zero-order valence-electron chi connectivity index (χ0n) is 11.1. The van der Waals surface area contributed by atoms with Crippen LogP contribution in [0.4, 0.5) is 0 Å². The monoisotopic (exact) mass is 266 g/mol. The number of hydrogen-bond acceptors (Lipinski definition) is 7. The third kappa shape index (κ3) is 4.42. The second-order valence-electron chi connectivity index (χ2n) is 4.25. The molecule has 0 aliphatic rings. The highest BCUT2D eigenvalue weighted by molar-refractivity contribution is 4.86. The molecule has 2 aromatic rings. The van der Waals surface area contributed by atoms with E-state index < -0.39 is 0 Å². The summed E-state index contributed by atoms with van der Waals surface area (Å²) in [7, 11) is 1.65. The van der Waals surface area contributed by atoms with Gasteiger partial charge in [0.05, 0.1) is 19.7 Å². The fourth-order valence-electron chi connectivity index (χ4n) is 1.59. The molecule has 2 heterocycles. The molecule has 1 N–H and O–H groups in total. The lowest BCUT2D eigenvalue weighted by molar-refractivity contribution is 0.199. The molecule has 0 aliphatic carbocycles. The minimum Gasteiger partial charge on any atom is -0.384 e. The average Bonchev–Trinajstić information content (AvgIpc) is 3.05. The van der Waals surface area contributed by atoms with Gasteiger partial charge >= 0.3 is 0 Å². The van der Waals surface area contributed by atoms with Crippen molar-refractivity contribution in [1.29, 1.82) is 0 Å². The van der Waals surface area contributed by atoms with E-state index in [4.69, 9.17) is 9.26 Å². The molecule has 0 saturated heterocycles. The van der Waals surface area contributed by atoms with E-state index in [1.165, 1.54) is 6.33 Å². The molecule has 0 fully saturated rings. The molecule has 0 spiro atoms. The van der Waals surface area contributed by atoms with Gasteiger partial charge in [0.2, 0.25) is 5.89 Å². The fraction of sp³-hybridized carbons (Fsp3) is 0.636. The van der Waals surface area contributed by atoms with Gasteiger partial charge in [0.1, 0.15) is 12.7 Å². The van der Waals surface area contributed by atoms with E-state index in [1.807, 2.05) is 0 Å². The first kappa shape index (κ1) is 13.6. The van der Waals surface area contributed by atoms with E-state index in [1.54, 1.807) is 18.1 Å². The van der Waals surface area contributed by atoms with E-state index in [0.717, 1.165) is 6.54 Å². The molecule has 2 aromatic heterocycles. The summed E-state index contributed by atoms with van der Waals surface area (Å²) in [6.07, 6.45) is 3.87. The summed E-state index contributed by atoms with van der Waals surface area (Å²) >= 11 is 0. The van der Waals surface area contributed by atoms with Crippen LogP contribution in [0.5, 0.6) is 0 Å². The van der Waals surface area contributed by atoms with Gasteiger partial charge in [-0.2, -0.15) is 10.1 Å². The summed E-state index contributed by atoms with van der Waals surface area (Å²) < 4.78 is 11.9. The average molecular weight is 266 g/mol. The zero-order valence-corrected chi connectivity index (χ0v) is 11.1. The SMILES string of the molecule is COCCc1noc(CN[C@H](C)Cn2cncn2)n1. The number of ether oxygens (including phenoxy) is 1. The third-order valence-corrected chi connectivity index (χ3v) is 2.57. The van der Waals surface area contributed by atoms with Gasteiger partial charge in [-0.15, -0.1) is 0 Å². The van der Waals surface area contributed by atoms with Crippen molar-refractivity contribution in [3.8, 4) is 0 Å². The number of methoxy groups -OCH3 is 1. The van der Waals surface area contributed by atoms with Crippen LogP contribution in [0.25, 0.3) is 0 Å². The van der Waals surface area contributed by atoms with Gasteiger partial charge in [0.15, 0.2) is 5.82 Å². The van der Waals surface area contributed by atoms with E-state index in [0.29, 0.717) is 31.3 Å². The molecule has 8 nitrogen and oxygen atoms in total. The van der Waals surface area contributed by atoms with Crippen molar-refractivity contribution in [3.63, 3.8) is 0 Å². The van der Waals surface area contributed by atoms with Crippen LogP contribution in [0.3, 0.4) is 0 Å². The van der Waals surface area contributed by atoms with Gasteiger partial charge < -0.3 is 14.6 Å². The molecule has 2 rings (SSSR count). The van der Waals surface area contributed by atoms with Crippen molar-refractivity contribution < 1.29 is 9.26 Å². The van der Waals surface area contributed by atoms with Crippen LogP contribution in [0.15, 0.2) is 17.2 Å². The number of rotatable bonds is 8. The summed E-state index contributed by atoms with van der Waals surface area (Å²) in [5, 5.41) is 11.2. The lowest BCUT2D eigenvalue weighted by Crippen LogP contribution is -2.30. The van der Waals surface area contributed by atoms with E-state index in [-0.39, 0.29) is 6.04 Å².